The quantitative estimate of drug-likeness (QED) is 0.895. The summed E-state index contributed by atoms with van der Waals surface area (Å²) in [6, 6.07) is 3.72. The summed E-state index contributed by atoms with van der Waals surface area (Å²) >= 11 is 5.81. The Hall–Kier alpha value is -0.840. The minimum absolute atomic E-state index is 0. The van der Waals surface area contributed by atoms with Crippen LogP contribution in [0, 0.1) is 11.7 Å². The number of carbonyl (C=O) groups is 1. The van der Waals surface area contributed by atoms with Gasteiger partial charge in [0.15, 0.2) is 0 Å². The molecule has 6 heteroatoms. The first-order valence-corrected chi connectivity index (χ1v) is 5.95. The molecule has 0 aromatic heterocycles. The van der Waals surface area contributed by atoms with E-state index in [4.69, 9.17) is 17.3 Å². The highest BCUT2D eigenvalue weighted by molar-refractivity contribution is 6.33. The predicted octanol–water partition coefficient (Wildman–Crippen LogP) is 2.37. The van der Waals surface area contributed by atoms with Gasteiger partial charge in [0.1, 0.15) is 5.82 Å². The predicted molar refractivity (Wildman–Crippen MR) is 71.7 cm³/mol. The minimum Gasteiger partial charge on any atom is -0.348 e. The molecule has 1 fully saturated rings. The Morgan fingerprint density at radius 3 is 2.72 bits per heavy atom. The second kappa shape index (κ2) is 6.36. The average molecular weight is 293 g/mol. The lowest BCUT2D eigenvalue weighted by Crippen LogP contribution is -2.41. The lowest BCUT2D eigenvalue weighted by atomic mass is 10.1. The van der Waals surface area contributed by atoms with Crippen LogP contribution in [0.3, 0.4) is 0 Å². The van der Waals surface area contributed by atoms with Gasteiger partial charge in [0, 0.05) is 12.6 Å². The van der Waals surface area contributed by atoms with Crippen molar-refractivity contribution >= 4 is 29.9 Å². The monoisotopic (exact) mass is 292 g/mol. The van der Waals surface area contributed by atoms with E-state index in [-0.39, 0.29) is 34.9 Å². The van der Waals surface area contributed by atoms with E-state index in [9.17, 15) is 9.18 Å². The molecule has 3 nitrogen and oxygen atoms in total. The van der Waals surface area contributed by atoms with Crippen molar-refractivity contribution in [3.63, 3.8) is 0 Å². The van der Waals surface area contributed by atoms with Gasteiger partial charge in [-0.1, -0.05) is 11.6 Å². The summed E-state index contributed by atoms with van der Waals surface area (Å²) in [6.07, 6.45) is 2.19. The number of rotatable bonds is 4. The van der Waals surface area contributed by atoms with Crippen molar-refractivity contribution in [1.82, 2.24) is 5.32 Å². The number of amides is 1. The first-order valence-electron chi connectivity index (χ1n) is 5.58. The summed E-state index contributed by atoms with van der Waals surface area (Å²) in [5.74, 6) is -0.273. The molecule has 1 aromatic rings. The van der Waals surface area contributed by atoms with Crippen molar-refractivity contribution < 1.29 is 9.18 Å². The molecule has 0 bridgehead atoms. The fourth-order valence-electron chi connectivity index (χ4n) is 1.79. The smallest absolute Gasteiger partial charge is 0.253 e. The summed E-state index contributed by atoms with van der Waals surface area (Å²) in [7, 11) is 0. The molecular formula is C12H15Cl2FN2O. The highest BCUT2D eigenvalue weighted by Gasteiger charge is 2.31. The van der Waals surface area contributed by atoms with Crippen molar-refractivity contribution in [2.24, 2.45) is 11.7 Å². The van der Waals surface area contributed by atoms with Crippen molar-refractivity contribution in [3.05, 3.63) is 34.6 Å². The van der Waals surface area contributed by atoms with Crippen molar-refractivity contribution in [2.75, 3.05) is 6.54 Å². The zero-order valence-electron chi connectivity index (χ0n) is 9.66. The van der Waals surface area contributed by atoms with Gasteiger partial charge in [-0.2, -0.15) is 0 Å². The van der Waals surface area contributed by atoms with Gasteiger partial charge in [0.05, 0.1) is 10.6 Å². The van der Waals surface area contributed by atoms with Gasteiger partial charge in [-0.05, 0) is 37.0 Å². The highest BCUT2D eigenvalue weighted by atomic mass is 35.5. The third kappa shape index (κ3) is 3.57. The fraction of sp³-hybridized carbons (Fsp3) is 0.417. The maximum Gasteiger partial charge on any atom is 0.253 e. The molecule has 2 rings (SSSR count). The molecule has 1 unspecified atom stereocenters. The molecule has 0 saturated heterocycles. The zero-order chi connectivity index (χ0) is 12.4. The molecule has 0 radical (unpaired) electrons. The van der Waals surface area contributed by atoms with Gasteiger partial charge >= 0.3 is 0 Å². The van der Waals surface area contributed by atoms with Crippen LogP contribution < -0.4 is 11.1 Å². The Labute approximate surface area is 116 Å². The Morgan fingerprint density at radius 1 is 1.56 bits per heavy atom. The second-order valence-electron chi connectivity index (χ2n) is 4.28. The van der Waals surface area contributed by atoms with E-state index in [0.29, 0.717) is 12.5 Å². The summed E-state index contributed by atoms with van der Waals surface area (Å²) in [4.78, 5) is 11.9. The maximum atomic E-state index is 12.8. The van der Waals surface area contributed by atoms with E-state index >= 15 is 0 Å². The number of nitrogens with two attached hydrogens (primary N) is 1. The molecule has 1 atom stereocenters. The van der Waals surface area contributed by atoms with Crippen LogP contribution in [-0.4, -0.2) is 18.5 Å². The number of nitrogens with one attached hydrogen (secondary N) is 1. The number of benzene rings is 1. The maximum absolute atomic E-state index is 12.8. The largest absolute Gasteiger partial charge is 0.348 e. The van der Waals surface area contributed by atoms with Crippen LogP contribution in [0.4, 0.5) is 4.39 Å². The summed E-state index contributed by atoms with van der Waals surface area (Å²) in [5, 5.41) is 2.95. The molecule has 1 aliphatic carbocycles. The van der Waals surface area contributed by atoms with Gasteiger partial charge in [0.25, 0.3) is 5.91 Å². The molecule has 3 N–H and O–H groups in total. The van der Waals surface area contributed by atoms with E-state index < -0.39 is 5.82 Å². The number of hydrogen-bond donors (Lipinski definition) is 2. The average Bonchev–Trinajstić information content (AvgIpc) is 3.09. The van der Waals surface area contributed by atoms with E-state index in [1.54, 1.807) is 0 Å². The van der Waals surface area contributed by atoms with Crippen molar-refractivity contribution in [3.8, 4) is 0 Å². The van der Waals surface area contributed by atoms with Crippen LogP contribution in [0.5, 0.6) is 0 Å². The van der Waals surface area contributed by atoms with E-state index in [2.05, 4.69) is 5.32 Å². The Balaban J connectivity index is 0.00000162. The first-order chi connectivity index (χ1) is 8.11. The molecule has 0 heterocycles. The van der Waals surface area contributed by atoms with Crippen LogP contribution in [0.1, 0.15) is 23.2 Å². The normalized spacial score (nSPS) is 15.7. The molecule has 1 aromatic carbocycles. The van der Waals surface area contributed by atoms with Gasteiger partial charge in [-0.25, -0.2) is 4.39 Å². The molecule has 1 aliphatic rings. The molecule has 100 valence electrons. The molecule has 18 heavy (non-hydrogen) atoms. The van der Waals surface area contributed by atoms with Gasteiger partial charge < -0.3 is 11.1 Å². The molecule has 0 spiro atoms. The number of carbonyl (C=O) groups excluding carboxylic acids is 1. The van der Waals surface area contributed by atoms with Gasteiger partial charge in [0.2, 0.25) is 0 Å². The SMILES string of the molecule is Cl.NCC(NC(=O)c1ccc(F)cc1Cl)C1CC1. The Kier molecular flexibility index (Phi) is 5.38. The Bertz CT molecular complexity index is 438. The highest BCUT2D eigenvalue weighted by Crippen LogP contribution is 2.32. The minimum atomic E-state index is -0.455. The van der Waals surface area contributed by atoms with E-state index in [1.807, 2.05) is 0 Å². The summed E-state index contributed by atoms with van der Waals surface area (Å²) in [5.41, 5.74) is 5.88. The lowest BCUT2D eigenvalue weighted by molar-refractivity contribution is 0.0933. The zero-order valence-corrected chi connectivity index (χ0v) is 11.2. The van der Waals surface area contributed by atoms with Crippen molar-refractivity contribution in [2.45, 2.75) is 18.9 Å². The van der Waals surface area contributed by atoms with Crippen LogP contribution in [0.15, 0.2) is 18.2 Å². The standard InChI is InChI=1S/C12H14ClFN2O.ClH/c13-10-5-8(14)3-4-9(10)12(17)16-11(6-15)7-1-2-7;/h3-5,7,11H,1-2,6,15H2,(H,16,17);1H. The van der Waals surface area contributed by atoms with Gasteiger partial charge in [-0.15, -0.1) is 12.4 Å². The Morgan fingerprint density at radius 2 is 2.22 bits per heavy atom. The fourth-order valence-corrected chi connectivity index (χ4v) is 2.04. The van der Waals surface area contributed by atoms with E-state index in [0.717, 1.165) is 18.9 Å². The van der Waals surface area contributed by atoms with Gasteiger partial charge in [-0.3, -0.25) is 4.79 Å². The number of halogens is 3. The molecular weight excluding hydrogens is 278 g/mol. The summed E-state index contributed by atoms with van der Waals surface area (Å²) < 4.78 is 12.8. The lowest BCUT2D eigenvalue weighted by Gasteiger charge is -2.16. The van der Waals surface area contributed by atoms with Crippen LogP contribution in [0.25, 0.3) is 0 Å². The van der Waals surface area contributed by atoms with Crippen LogP contribution in [0.2, 0.25) is 5.02 Å². The molecule has 0 aliphatic heterocycles. The molecule has 1 saturated carbocycles. The molecule has 1 amide bonds. The second-order valence-corrected chi connectivity index (χ2v) is 4.68. The third-order valence-electron chi connectivity index (χ3n) is 2.94. The number of hydrogen-bond acceptors (Lipinski definition) is 2. The van der Waals surface area contributed by atoms with Crippen molar-refractivity contribution in [1.29, 1.82) is 0 Å². The van der Waals surface area contributed by atoms with Crippen LogP contribution >= 0.6 is 24.0 Å². The topological polar surface area (TPSA) is 55.1 Å². The third-order valence-corrected chi connectivity index (χ3v) is 3.25. The summed E-state index contributed by atoms with van der Waals surface area (Å²) in [6.45, 7) is 0.412. The first kappa shape index (κ1) is 15.2. The van der Waals surface area contributed by atoms with Crippen LogP contribution in [-0.2, 0) is 0 Å². The van der Waals surface area contributed by atoms with E-state index in [1.165, 1.54) is 12.1 Å².